The minimum atomic E-state index is 0.150. The Labute approximate surface area is 98.7 Å². The standard InChI is InChI=1S/C14H23NO/c1-11(2)12(10-15-14(3,4)5)9-13-7-6-8-16-13/h6-9,11,15H,10H2,1-5H3. The van der Waals surface area contributed by atoms with E-state index in [9.17, 15) is 0 Å². The van der Waals surface area contributed by atoms with Gasteiger partial charge in [-0.2, -0.15) is 0 Å². The van der Waals surface area contributed by atoms with Crippen molar-refractivity contribution in [2.24, 2.45) is 5.92 Å². The first-order valence-corrected chi connectivity index (χ1v) is 5.87. The zero-order valence-corrected chi connectivity index (χ0v) is 11.0. The van der Waals surface area contributed by atoms with Gasteiger partial charge in [-0.05, 0) is 44.9 Å². The van der Waals surface area contributed by atoms with E-state index in [1.165, 1.54) is 5.57 Å². The molecule has 0 aliphatic carbocycles. The van der Waals surface area contributed by atoms with Gasteiger partial charge in [0, 0.05) is 12.1 Å². The third-order valence-electron chi connectivity index (χ3n) is 2.44. The molecule has 0 radical (unpaired) electrons. The first-order chi connectivity index (χ1) is 7.38. The Balaban J connectivity index is 2.69. The van der Waals surface area contributed by atoms with Gasteiger partial charge in [0.25, 0.3) is 0 Å². The average Bonchev–Trinajstić information content (AvgIpc) is 2.62. The molecule has 0 aliphatic heterocycles. The van der Waals surface area contributed by atoms with Gasteiger partial charge in [-0.1, -0.05) is 19.4 Å². The lowest BCUT2D eigenvalue weighted by atomic mass is 10.0. The van der Waals surface area contributed by atoms with Crippen molar-refractivity contribution < 1.29 is 4.42 Å². The SMILES string of the molecule is CC(C)C(=Cc1ccco1)CNC(C)(C)C. The maximum Gasteiger partial charge on any atom is 0.126 e. The number of furan rings is 1. The monoisotopic (exact) mass is 221 g/mol. The van der Waals surface area contributed by atoms with Crippen molar-refractivity contribution in [3.63, 3.8) is 0 Å². The highest BCUT2D eigenvalue weighted by Crippen LogP contribution is 2.15. The van der Waals surface area contributed by atoms with E-state index in [-0.39, 0.29) is 5.54 Å². The molecule has 0 atom stereocenters. The molecule has 1 aromatic heterocycles. The molecule has 0 amide bonds. The van der Waals surface area contributed by atoms with Crippen LogP contribution in [0, 0.1) is 5.92 Å². The molecule has 1 rings (SSSR count). The van der Waals surface area contributed by atoms with Crippen LogP contribution in [0.5, 0.6) is 0 Å². The highest BCUT2D eigenvalue weighted by atomic mass is 16.3. The van der Waals surface area contributed by atoms with E-state index >= 15 is 0 Å². The molecular weight excluding hydrogens is 198 g/mol. The molecule has 0 unspecified atom stereocenters. The van der Waals surface area contributed by atoms with Gasteiger partial charge in [0.1, 0.15) is 5.76 Å². The van der Waals surface area contributed by atoms with Crippen molar-refractivity contribution in [2.45, 2.75) is 40.2 Å². The van der Waals surface area contributed by atoms with Crippen LogP contribution in [0.1, 0.15) is 40.4 Å². The smallest absolute Gasteiger partial charge is 0.126 e. The second-order valence-corrected chi connectivity index (χ2v) is 5.49. The summed E-state index contributed by atoms with van der Waals surface area (Å²) in [6, 6.07) is 3.90. The first kappa shape index (κ1) is 13.0. The third kappa shape index (κ3) is 4.67. The van der Waals surface area contributed by atoms with Gasteiger partial charge in [-0.15, -0.1) is 0 Å². The molecule has 90 valence electrons. The largest absolute Gasteiger partial charge is 0.465 e. The highest BCUT2D eigenvalue weighted by Gasteiger charge is 2.11. The van der Waals surface area contributed by atoms with Gasteiger partial charge < -0.3 is 9.73 Å². The summed E-state index contributed by atoms with van der Waals surface area (Å²) in [6.45, 7) is 11.9. The Morgan fingerprint density at radius 3 is 2.56 bits per heavy atom. The fourth-order valence-corrected chi connectivity index (χ4v) is 1.35. The molecule has 0 aromatic carbocycles. The predicted octanol–water partition coefficient (Wildman–Crippen LogP) is 3.71. The second-order valence-electron chi connectivity index (χ2n) is 5.49. The Morgan fingerprint density at radius 2 is 2.12 bits per heavy atom. The Hall–Kier alpha value is -1.02. The lowest BCUT2D eigenvalue weighted by Crippen LogP contribution is -2.37. The Morgan fingerprint density at radius 1 is 1.44 bits per heavy atom. The summed E-state index contributed by atoms with van der Waals surface area (Å²) in [5, 5.41) is 3.51. The summed E-state index contributed by atoms with van der Waals surface area (Å²) in [7, 11) is 0. The second kappa shape index (κ2) is 5.35. The third-order valence-corrected chi connectivity index (χ3v) is 2.44. The topological polar surface area (TPSA) is 25.2 Å². The molecule has 0 saturated heterocycles. The summed E-state index contributed by atoms with van der Waals surface area (Å²) >= 11 is 0. The lowest BCUT2D eigenvalue weighted by Gasteiger charge is -2.23. The van der Waals surface area contributed by atoms with Crippen LogP contribution in [-0.4, -0.2) is 12.1 Å². The minimum absolute atomic E-state index is 0.150. The van der Waals surface area contributed by atoms with Crippen LogP contribution in [0.2, 0.25) is 0 Å². The van der Waals surface area contributed by atoms with Crippen molar-refractivity contribution >= 4 is 6.08 Å². The average molecular weight is 221 g/mol. The van der Waals surface area contributed by atoms with E-state index in [1.54, 1.807) is 6.26 Å². The maximum atomic E-state index is 5.34. The van der Waals surface area contributed by atoms with Crippen molar-refractivity contribution in [3.05, 3.63) is 29.7 Å². The summed E-state index contributed by atoms with van der Waals surface area (Å²) in [5.74, 6) is 1.46. The summed E-state index contributed by atoms with van der Waals surface area (Å²) < 4.78 is 5.34. The normalized spacial score (nSPS) is 13.5. The molecular formula is C14H23NO. The predicted molar refractivity (Wildman–Crippen MR) is 69.3 cm³/mol. The summed E-state index contributed by atoms with van der Waals surface area (Å²) in [6.07, 6.45) is 3.84. The van der Waals surface area contributed by atoms with E-state index < -0.39 is 0 Å². The number of nitrogens with one attached hydrogen (secondary N) is 1. The highest BCUT2D eigenvalue weighted by molar-refractivity contribution is 5.48. The molecule has 2 nitrogen and oxygen atoms in total. The number of rotatable bonds is 4. The van der Waals surface area contributed by atoms with E-state index in [4.69, 9.17) is 4.42 Å². The first-order valence-electron chi connectivity index (χ1n) is 5.87. The van der Waals surface area contributed by atoms with Crippen LogP contribution in [0.25, 0.3) is 6.08 Å². The van der Waals surface area contributed by atoms with Crippen LogP contribution in [-0.2, 0) is 0 Å². The van der Waals surface area contributed by atoms with Crippen LogP contribution >= 0.6 is 0 Å². The Bertz CT molecular complexity index is 328. The van der Waals surface area contributed by atoms with Gasteiger partial charge in [-0.25, -0.2) is 0 Å². The quantitative estimate of drug-likeness (QED) is 0.838. The summed E-state index contributed by atoms with van der Waals surface area (Å²) in [5.41, 5.74) is 1.52. The van der Waals surface area contributed by atoms with Crippen LogP contribution < -0.4 is 5.32 Å². The molecule has 1 N–H and O–H groups in total. The summed E-state index contributed by atoms with van der Waals surface area (Å²) in [4.78, 5) is 0. The molecule has 16 heavy (non-hydrogen) atoms. The number of hydrogen-bond acceptors (Lipinski definition) is 2. The molecule has 0 saturated carbocycles. The van der Waals surface area contributed by atoms with Gasteiger partial charge in [0.05, 0.1) is 6.26 Å². The van der Waals surface area contributed by atoms with E-state index in [0.717, 1.165) is 12.3 Å². The van der Waals surface area contributed by atoms with E-state index in [2.05, 4.69) is 46.0 Å². The van der Waals surface area contributed by atoms with Crippen LogP contribution in [0.15, 0.2) is 28.4 Å². The number of hydrogen-bond donors (Lipinski definition) is 1. The molecule has 1 aromatic rings. The van der Waals surface area contributed by atoms with Crippen molar-refractivity contribution in [3.8, 4) is 0 Å². The molecule has 0 aliphatic rings. The van der Waals surface area contributed by atoms with Crippen molar-refractivity contribution in [2.75, 3.05) is 6.54 Å². The lowest BCUT2D eigenvalue weighted by molar-refractivity contribution is 0.437. The van der Waals surface area contributed by atoms with E-state index in [0.29, 0.717) is 5.92 Å². The molecule has 0 fully saturated rings. The molecule has 2 heteroatoms. The van der Waals surface area contributed by atoms with Gasteiger partial charge in [-0.3, -0.25) is 0 Å². The fourth-order valence-electron chi connectivity index (χ4n) is 1.35. The Kier molecular flexibility index (Phi) is 4.36. The zero-order valence-electron chi connectivity index (χ0n) is 11.0. The van der Waals surface area contributed by atoms with Gasteiger partial charge in [0.2, 0.25) is 0 Å². The maximum absolute atomic E-state index is 5.34. The molecule has 1 heterocycles. The molecule has 0 spiro atoms. The van der Waals surface area contributed by atoms with Gasteiger partial charge in [0.15, 0.2) is 0 Å². The van der Waals surface area contributed by atoms with Crippen molar-refractivity contribution in [1.82, 2.24) is 5.32 Å². The van der Waals surface area contributed by atoms with Crippen LogP contribution in [0.4, 0.5) is 0 Å². The fraction of sp³-hybridized carbons (Fsp3) is 0.571. The van der Waals surface area contributed by atoms with E-state index in [1.807, 2.05) is 12.1 Å². The zero-order chi connectivity index (χ0) is 12.2. The molecule has 0 bridgehead atoms. The van der Waals surface area contributed by atoms with Crippen molar-refractivity contribution in [1.29, 1.82) is 0 Å². The minimum Gasteiger partial charge on any atom is -0.465 e. The van der Waals surface area contributed by atoms with Crippen LogP contribution in [0.3, 0.4) is 0 Å². The van der Waals surface area contributed by atoms with Gasteiger partial charge >= 0.3 is 0 Å².